The summed E-state index contributed by atoms with van der Waals surface area (Å²) >= 11 is 0. The second kappa shape index (κ2) is 6.69. The van der Waals surface area contributed by atoms with Crippen LogP contribution in [0.25, 0.3) is 17.0 Å². The zero-order chi connectivity index (χ0) is 19.4. The van der Waals surface area contributed by atoms with Crippen LogP contribution in [0.3, 0.4) is 0 Å². The Morgan fingerprint density at radius 1 is 1.10 bits per heavy atom. The SMILES string of the molecule is COc1cc2ncc(-c3cc(C4CC4)cc(NC4CCNC4)n3)n2nc1C1CC1. The third kappa shape index (κ3) is 3.23. The Hall–Kier alpha value is -2.67. The molecule has 1 atom stereocenters. The summed E-state index contributed by atoms with van der Waals surface area (Å²) in [5.74, 6) is 2.97. The highest BCUT2D eigenvalue weighted by Gasteiger charge is 2.30. The number of fused-ring (bicyclic) bond motifs is 1. The predicted octanol–water partition coefficient (Wildman–Crippen LogP) is 3.33. The molecule has 2 N–H and O–H groups in total. The van der Waals surface area contributed by atoms with Gasteiger partial charge in [0.25, 0.3) is 0 Å². The molecule has 7 nitrogen and oxygen atoms in total. The Bertz CT molecular complexity index is 1060. The smallest absolute Gasteiger partial charge is 0.157 e. The summed E-state index contributed by atoms with van der Waals surface area (Å²) in [6.45, 7) is 2.06. The quantitative estimate of drug-likeness (QED) is 0.672. The molecule has 2 saturated carbocycles. The maximum absolute atomic E-state index is 5.57. The lowest BCUT2D eigenvalue weighted by atomic mass is 10.1. The molecule has 7 heteroatoms. The minimum atomic E-state index is 0.441. The lowest BCUT2D eigenvalue weighted by Crippen LogP contribution is -2.22. The molecule has 1 saturated heterocycles. The van der Waals surface area contributed by atoms with E-state index < -0.39 is 0 Å². The van der Waals surface area contributed by atoms with Crippen LogP contribution in [0.5, 0.6) is 5.75 Å². The average Bonchev–Trinajstić information content (AvgIpc) is 3.67. The van der Waals surface area contributed by atoms with Gasteiger partial charge in [-0.25, -0.2) is 14.5 Å². The first-order valence-corrected chi connectivity index (χ1v) is 10.7. The van der Waals surface area contributed by atoms with Gasteiger partial charge >= 0.3 is 0 Å². The second-order valence-corrected chi connectivity index (χ2v) is 8.56. The third-order valence-corrected chi connectivity index (χ3v) is 6.24. The van der Waals surface area contributed by atoms with Crippen LogP contribution in [0.15, 0.2) is 24.4 Å². The van der Waals surface area contributed by atoms with Crippen LogP contribution in [-0.2, 0) is 0 Å². The predicted molar refractivity (Wildman–Crippen MR) is 112 cm³/mol. The fourth-order valence-corrected chi connectivity index (χ4v) is 4.29. The molecule has 0 radical (unpaired) electrons. The number of nitrogens with zero attached hydrogens (tertiary/aromatic N) is 4. The van der Waals surface area contributed by atoms with E-state index in [4.69, 9.17) is 14.8 Å². The van der Waals surface area contributed by atoms with Crippen molar-refractivity contribution in [1.29, 1.82) is 0 Å². The molecule has 0 amide bonds. The Morgan fingerprint density at radius 3 is 2.69 bits per heavy atom. The molecule has 0 bridgehead atoms. The van der Waals surface area contributed by atoms with Crippen molar-refractivity contribution in [2.75, 3.05) is 25.5 Å². The van der Waals surface area contributed by atoms with Crippen molar-refractivity contribution in [3.63, 3.8) is 0 Å². The zero-order valence-electron chi connectivity index (χ0n) is 16.7. The Morgan fingerprint density at radius 2 is 1.97 bits per heavy atom. The first-order valence-electron chi connectivity index (χ1n) is 10.7. The van der Waals surface area contributed by atoms with Gasteiger partial charge in [0.05, 0.1) is 19.0 Å². The lowest BCUT2D eigenvalue weighted by molar-refractivity contribution is 0.405. The molecule has 1 aliphatic heterocycles. The molecule has 0 spiro atoms. The second-order valence-electron chi connectivity index (χ2n) is 8.56. The Kier molecular flexibility index (Phi) is 3.97. The number of anilines is 1. The number of pyridine rings is 1. The summed E-state index contributed by atoms with van der Waals surface area (Å²) in [5.41, 5.74) is 5.09. The molecule has 3 fully saturated rings. The van der Waals surface area contributed by atoms with Gasteiger partial charge in [-0.1, -0.05) is 0 Å². The van der Waals surface area contributed by atoms with Crippen molar-refractivity contribution in [3.8, 4) is 17.1 Å². The number of rotatable bonds is 6. The lowest BCUT2D eigenvalue weighted by Gasteiger charge is -2.15. The van der Waals surface area contributed by atoms with E-state index in [0.717, 1.165) is 53.8 Å². The van der Waals surface area contributed by atoms with Gasteiger partial charge in [0.1, 0.15) is 23.0 Å². The van der Waals surface area contributed by atoms with E-state index in [0.29, 0.717) is 17.9 Å². The molecule has 2 aliphatic carbocycles. The molecular formula is C22H26N6O. The maximum Gasteiger partial charge on any atom is 0.157 e. The minimum Gasteiger partial charge on any atom is -0.495 e. The van der Waals surface area contributed by atoms with Crippen LogP contribution in [0.1, 0.15) is 55.2 Å². The molecule has 150 valence electrons. The molecule has 4 heterocycles. The molecule has 0 aromatic carbocycles. The Balaban J connectivity index is 1.44. The minimum absolute atomic E-state index is 0.441. The average molecular weight is 390 g/mol. The van der Waals surface area contributed by atoms with E-state index in [-0.39, 0.29) is 0 Å². The third-order valence-electron chi connectivity index (χ3n) is 6.24. The monoisotopic (exact) mass is 390 g/mol. The van der Waals surface area contributed by atoms with Crippen LogP contribution in [0, 0.1) is 0 Å². The van der Waals surface area contributed by atoms with Gasteiger partial charge < -0.3 is 15.4 Å². The summed E-state index contributed by atoms with van der Waals surface area (Å²) in [6.07, 6.45) is 7.91. The molecule has 6 rings (SSSR count). The van der Waals surface area contributed by atoms with Crippen molar-refractivity contribution >= 4 is 11.5 Å². The molecule has 29 heavy (non-hydrogen) atoms. The maximum atomic E-state index is 5.57. The van der Waals surface area contributed by atoms with Crippen LogP contribution >= 0.6 is 0 Å². The molecule has 3 aromatic heterocycles. The van der Waals surface area contributed by atoms with Crippen molar-refractivity contribution in [2.24, 2.45) is 0 Å². The normalized spacial score (nSPS) is 21.6. The molecule has 3 aliphatic rings. The number of hydrogen-bond donors (Lipinski definition) is 2. The van der Waals surface area contributed by atoms with Crippen LogP contribution < -0.4 is 15.4 Å². The number of nitrogens with one attached hydrogen (secondary N) is 2. The number of imidazole rings is 1. The van der Waals surface area contributed by atoms with E-state index in [1.807, 2.05) is 16.8 Å². The highest BCUT2D eigenvalue weighted by molar-refractivity contribution is 5.64. The van der Waals surface area contributed by atoms with E-state index in [9.17, 15) is 0 Å². The summed E-state index contributed by atoms with van der Waals surface area (Å²) in [6, 6.07) is 6.89. The topological polar surface area (TPSA) is 76.4 Å². The number of hydrogen-bond acceptors (Lipinski definition) is 6. The Labute approximate surface area is 169 Å². The summed E-state index contributed by atoms with van der Waals surface area (Å²) in [5, 5.41) is 12.0. The van der Waals surface area contributed by atoms with E-state index in [2.05, 4.69) is 27.8 Å². The van der Waals surface area contributed by atoms with Gasteiger partial charge in [-0.3, -0.25) is 0 Å². The highest BCUT2D eigenvalue weighted by atomic mass is 16.5. The van der Waals surface area contributed by atoms with Crippen molar-refractivity contribution in [1.82, 2.24) is 24.9 Å². The van der Waals surface area contributed by atoms with Crippen LogP contribution in [0.2, 0.25) is 0 Å². The van der Waals surface area contributed by atoms with E-state index >= 15 is 0 Å². The zero-order valence-corrected chi connectivity index (χ0v) is 16.7. The van der Waals surface area contributed by atoms with Gasteiger partial charge in [0.2, 0.25) is 0 Å². The molecular weight excluding hydrogens is 364 g/mol. The van der Waals surface area contributed by atoms with Gasteiger partial charge in [0, 0.05) is 24.6 Å². The van der Waals surface area contributed by atoms with Crippen LogP contribution in [0.4, 0.5) is 5.82 Å². The molecule has 1 unspecified atom stereocenters. The fourth-order valence-electron chi connectivity index (χ4n) is 4.29. The summed E-state index contributed by atoms with van der Waals surface area (Å²) < 4.78 is 7.52. The number of aromatic nitrogens is 4. The van der Waals surface area contributed by atoms with Crippen molar-refractivity contribution in [3.05, 3.63) is 35.7 Å². The standard InChI is InChI=1S/C22H26N6O/c1-29-19-10-21-24-12-18(28(21)27-22(19)14-4-5-14)17-8-15(13-2-3-13)9-20(26-17)25-16-6-7-23-11-16/h8-10,12-14,16,23H,2-7,11H2,1H3,(H,25,26). The largest absolute Gasteiger partial charge is 0.495 e. The molecule has 3 aromatic rings. The fraction of sp³-hybridized carbons (Fsp3) is 0.500. The van der Waals surface area contributed by atoms with Gasteiger partial charge in [-0.2, -0.15) is 5.10 Å². The van der Waals surface area contributed by atoms with Crippen molar-refractivity contribution in [2.45, 2.75) is 50.0 Å². The van der Waals surface area contributed by atoms with Crippen molar-refractivity contribution < 1.29 is 4.74 Å². The van der Waals surface area contributed by atoms with Gasteiger partial charge in [-0.05, 0) is 62.3 Å². The van der Waals surface area contributed by atoms with Crippen LogP contribution in [-0.4, -0.2) is 45.8 Å². The number of ether oxygens (including phenoxy) is 1. The van der Waals surface area contributed by atoms with Gasteiger partial charge in [-0.15, -0.1) is 0 Å². The highest BCUT2D eigenvalue weighted by Crippen LogP contribution is 2.44. The first-order chi connectivity index (χ1) is 14.3. The van der Waals surface area contributed by atoms with Gasteiger partial charge in [0.15, 0.2) is 5.65 Å². The summed E-state index contributed by atoms with van der Waals surface area (Å²) in [7, 11) is 1.71. The number of methoxy groups -OCH3 is 1. The van der Waals surface area contributed by atoms with E-state index in [1.54, 1.807) is 7.11 Å². The van der Waals surface area contributed by atoms with E-state index in [1.165, 1.54) is 31.2 Å². The summed E-state index contributed by atoms with van der Waals surface area (Å²) in [4.78, 5) is 9.56. The first kappa shape index (κ1) is 17.2.